The van der Waals surface area contributed by atoms with Crippen molar-refractivity contribution >= 4 is 29.0 Å². The maximum atomic E-state index is 12.5. The van der Waals surface area contributed by atoms with E-state index < -0.39 is 0 Å². The Hall–Kier alpha value is -1.31. The molecule has 0 heterocycles. The normalized spacial score (nSPS) is 10.6. The molecule has 2 rings (SSSR count). The third-order valence-corrected chi connectivity index (χ3v) is 3.68. The monoisotopic (exact) mass is 292 g/mol. The number of carbonyl (C=O) groups is 1. The average Bonchev–Trinajstić information content (AvgIpc) is 2.31. The highest BCUT2D eigenvalue weighted by Crippen LogP contribution is 2.24. The van der Waals surface area contributed by atoms with E-state index in [2.05, 4.69) is 0 Å². The van der Waals surface area contributed by atoms with Gasteiger partial charge in [0.2, 0.25) is 0 Å². The van der Waals surface area contributed by atoms with Gasteiger partial charge in [-0.2, -0.15) is 0 Å². The molecule has 0 aliphatic heterocycles. The first-order chi connectivity index (χ1) is 8.88. The zero-order valence-corrected chi connectivity index (χ0v) is 12.6. The van der Waals surface area contributed by atoms with Crippen LogP contribution in [0.4, 0.5) is 0 Å². The van der Waals surface area contributed by atoms with E-state index in [0.29, 0.717) is 21.2 Å². The fourth-order valence-corrected chi connectivity index (χ4v) is 2.56. The molecule has 0 N–H and O–H groups in total. The molecule has 0 fully saturated rings. The lowest BCUT2D eigenvalue weighted by Crippen LogP contribution is -2.05. The van der Waals surface area contributed by atoms with Crippen LogP contribution in [-0.2, 0) is 0 Å². The van der Waals surface area contributed by atoms with Gasteiger partial charge in [-0.1, -0.05) is 23.2 Å². The van der Waals surface area contributed by atoms with Gasteiger partial charge in [0, 0.05) is 21.2 Å². The highest BCUT2D eigenvalue weighted by atomic mass is 35.5. The Labute approximate surface area is 123 Å². The summed E-state index contributed by atoms with van der Waals surface area (Å²) in [6, 6.07) is 9.02. The predicted octanol–water partition coefficient (Wildman–Crippen LogP) is 5.15. The summed E-state index contributed by atoms with van der Waals surface area (Å²) in [6.45, 7) is 5.69. The van der Waals surface area contributed by atoms with Gasteiger partial charge in [0.05, 0.1) is 0 Å². The molecule has 0 unspecified atom stereocenters. The van der Waals surface area contributed by atoms with Crippen LogP contribution in [-0.4, -0.2) is 5.78 Å². The number of halogens is 2. The molecule has 0 saturated carbocycles. The second-order valence-corrected chi connectivity index (χ2v) is 5.61. The molecule has 98 valence electrons. The molecule has 0 radical (unpaired) electrons. The van der Waals surface area contributed by atoms with E-state index in [-0.39, 0.29) is 5.78 Å². The topological polar surface area (TPSA) is 17.1 Å². The van der Waals surface area contributed by atoms with Crippen molar-refractivity contribution in [1.82, 2.24) is 0 Å². The standard InChI is InChI=1S/C16H14Cl2O/c1-9-4-12(8-13(17)5-9)16(19)14-6-11(3)15(18)7-10(14)2/h4-8H,1-3H3. The summed E-state index contributed by atoms with van der Waals surface area (Å²) in [5.74, 6) is -0.0251. The molecule has 0 aromatic heterocycles. The van der Waals surface area contributed by atoms with Crippen LogP contribution in [0.25, 0.3) is 0 Å². The summed E-state index contributed by atoms with van der Waals surface area (Å²) in [7, 11) is 0. The molecule has 0 bridgehead atoms. The SMILES string of the molecule is Cc1cc(Cl)cc(C(=O)c2cc(C)c(Cl)cc2C)c1. The molecule has 3 heteroatoms. The molecule has 0 atom stereocenters. The summed E-state index contributed by atoms with van der Waals surface area (Å²) in [5.41, 5.74) is 4.02. The van der Waals surface area contributed by atoms with E-state index in [9.17, 15) is 4.79 Å². The molecule has 0 aliphatic rings. The predicted molar refractivity (Wildman–Crippen MR) is 80.5 cm³/mol. The lowest BCUT2D eigenvalue weighted by atomic mass is 9.96. The number of ketones is 1. The minimum atomic E-state index is -0.0251. The van der Waals surface area contributed by atoms with Crippen molar-refractivity contribution in [2.45, 2.75) is 20.8 Å². The van der Waals surface area contributed by atoms with Crippen molar-refractivity contribution in [2.24, 2.45) is 0 Å². The van der Waals surface area contributed by atoms with Gasteiger partial charge in [-0.3, -0.25) is 4.79 Å². The molecule has 0 saturated heterocycles. The lowest BCUT2D eigenvalue weighted by molar-refractivity contribution is 0.103. The number of benzene rings is 2. The van der Waals surface area contributed by atoms with Crippen LogP contribution in [0, 0.1) is 20.8 Å². The third kappa shape index (κ3) is 2.99. The minimum Gasteiger partial charge on any atom is -0.289 e. The first-order valence-corrected chi connectivity index (χ1v) is 6.72. The van der Waals surface area contributed by atoms with E-state index in [1.54, 1.807) is 6.07 Å². The van der Waals surface area contributed by atoms with Crippen molar-refractivity contribution in [2.75, 3.05) is 0 Å². The van der Waals surface area contributed by atoms with Gasteiger partial charge in [0.25, 0.3) is 0 Å². The van der Waals surface area contributed by atoms with Crippen LogP contribution in [0.2, 0.25) is 10.0 Å². The summed E-state index contributed by atoms with van der Waals surface area (Å²) >= 11 is 12.1. The quantitative estimate of drug-likeness (QED) is 0.700. The Kier molecular flexibility index (Phi) is 3.98. The summed E-state index contributed by atoms with van der Waals surface area (Å²) < 4.78 is 0. The van der Waals surface area contributed by atoms with Crippen LogP contribution < -0.4 is 0 Å². The molecular formula is C16H14Cl2O. The van der Waals surface area contributed by atoms with Crippen molar-refractivity contribution in [3.05, 3.63) is 68.2 Å². The Balaban J connectivity index is 2.53. The zero-order chi connectivity index (χ0) is 14.2. The number of aryl methyl sites for hydroxylation is 3. The van der Waals surface area contributed by atoms with E-state index in [1.807, 2.05) is 45.0 Å². The fraction of sp³-hybridized carbons (Fsp3) is 0.188. The van der Waals surface area contributed by atoms with E-state index >= 15 is 0 Å². The fourth-order valence-electron chi connectivity index (χ4n) is 2.05. The van der Waals surface area contributed by atoms with Crippen molar-refractivity contribution < 1.29 is 4.79 Å². The first kappa shape index (κ1) is 14.1. The van der Waals surface area contributed by atoms with Gasteiger partial charge < -0.3 is 0 Å². The van der Waals surface area contributed by atoms with Gasteiger partial charge >= 0.3 is 0 Å². The molecule has 0 aliphatic carbocycles. The highest BCUT2D eigenvalue weighted by Gasteiger charge is 2.14. The van der Waals surface area contributed by atoms with Gasteiger partial charge in [-0.15, -0.1) is 0 Å². The number of hydrogen-bond donors (Lipinski definition) is 0. The second kappa shape index (κ2) is 5.36. The van der Waals surface area contributed by atoms with E-state index in [0.717, 1.165) is 16.7 Å². The van der Waals surface area contributed by atoms with Crippen LogP contribution in [0.15, 0.2) is 30.3 Å². The third-order valence-electron chi connectivity index (χ3n) is 3.05. The van der Waals surface area contributed by atoms with Gasteiger partial charge in [-0.05, 0) is 67.8 Å². The molecule has 0 spiro atoms. The van der Waals surface area contributed by atoms with Crippen LogP contribution in [0.5, 0.6) is 0 Å². The average molecular weight is 293 g/mol. The number of rotatable bonds is 2. The molecule has 19 heavy (non-hydrogen) atoms. The van der Waals surface area contributed by atoms with Gasteiger partial charge in [-0.25, -0.2) is 0 Å². The van der Waals surface area contributed by atoms with Crippen molar-refractivity contribution in [3.63, 3.8) is 0 Å². The van der Waals surface area contributed by atoms with Gasteiger partial charge in [0.15, 0.2) is 5.78 Å². The Morgan fingerprint density at radius 3 is 2.21 bits per heavy atom. The maximum Gasteiger partial charge on any atom is 0.193 e. The minimum absolute atomic E-state index is 0.0251. The van der Waals surface area contributed by atoms with E-state index in [4.69, 9.17) is 23.2 Å². The largest absolute Gasteiger partial charge is 0.289 e. The molecule has 1 nitrogen and oxygen atoms in total. The van der Waals surface area contributed by atoms with Crippen molar-refractivity contribution in [3.8, 4) is 0 Å². The summed E-state index contributed by atoms with van der Waals surface area (Å²) in [4.78, 5) is 12.5. The number of hydrogen-bond acceptors (Lipinski definition) is 1. The molecule has 2 aromatic carbocycles. The summed E-state index contributed by atoms with van der Waals surface area (Å²) in [5, 5.41) is 1.25. The van der Waals surface area contributed by atoms with Crippen LogP contribution in [0.1, 0.15) is 32.6 Å². The molecule has 0 amide bonds. The molecule has 2 aromatic rings. The molecular weight excluding hydrogens is 279 g/mol. The number of carbonyl (C=O) groups excluding carboxylic acids is 1. The summed E-state index contributed by atoms with van der Waals surface area (Å²) in [6.07, 6.45) is 0. The zero-order valence-electron chi connectivity index (χ0n) is 11.1. The highest BCUT2D eigenvalue weighted by molar-refractivity contribution is 6.32. The Morgan fingerprint density at radius 2 is 1.58 bits per heavy atom. The maximum absolute atomic E-state index is 12.5. The van der Waals surface area contributed by atoms with Crippen LogP contribution >= 0.6 is 23.2 Å². The Morgan fingerprint density at radius 1 is 0.895 bits per heavy atom. The van der Waals surface area contributed by atoms with E-state index in [1.165, 1.54) is 0 Å². The first-order valence-electron chi connectivity index (χ1n) is 5.97. The van der Waals surface area contributed by atoms with Crippen molar-refractivity contribution in [1.29, 1.82) is 0 Å². The lowest BCUT2D eigenvalue weighted by Gasteiger charge is -2.09. The van der Waals surface area contributed by atoms with Crippen LogP contribution in [0.3, 0.4) is 0 Å². The Bertz CT molecular complexity index is 640. The second-order valence-electron chi connectivity index (χ2n) is 4.76. The smallest absolute Gasteiger partial charge is 0.193 e. The van der Waals surface area contributed by atoms with Gasteiger partial charge in [0.1, 0.15) is 0 Å².